The van der Waals surface area contributed by atoms with Crippen molar-refractivity contribution in [2.24, 2.45) is 4.99 Å². The van der Waals surface area contributed by atoms with Crippen molar-refractivity contribution in [2.45, 2.75) is 0 Å². The van der Waals surface area contributed by atoms with Gasteiger partial charge in [-0.25, -0.2) is 9.97 Å². The molecule has 0 amide bonds. The molecule has 7 heteroatoms. The van der Waals surface area contributed by atoms with Gasteiger partial charge in [-0.05, 0) is 18.2 Å². The molecule has 1 N–H and O–H groups in total. The summed E-state index contributed by atoms with van der Waals surface area (Å²) in [7, 11) is 0. The van der Waals surface area contributed by atoms with Crippen molar-refractivity contribution in [3.8, 4) is 27.6 Å². The highest BCUT2D eigenvalue weighted by atomic mass is 32.1. The van der Waals surface area contributed by atoms with E-state index in [1.807, 2.05) is 53.2 Å². The second-order valence-corrected chi connectivity index (χ2v) is 7.75. The van der Waals surface area contributed by atoms with Crippen LogP contribution in [-0.2, 0) is 0 Å². The third kappa shape index (κ3) is 3.21. The fourth-order valence-electron chi connectivity index (χ4n) is 2.84. The smallest absolute Gasteiger partial charge is 0.232 e. The number of nitrogens with zero attached hydrogens (tertiary/aromatic N) is 3. The summed E-state index contributed by atoms with van der Waals surface area (Å²) in [4.78, 5) is 13.6. The molecule has 0 saturated carbocycles. The average molecular weight is 403 g/mol. The van der Waals surface area contributed by atoms with Crippen LogP contribution in [0.4, 0.5) is 5.13 Å². The quantitative estimate of drug-likeness (QED) is 0.424. The highest BCUT2D eigenvalue weighted by Gasteiger charge is 2.13. The van der Waals surface area contributed by atoms with Crippen molar-refractivity contribution < 1.29 is 9.52 Å². The Balaban J connectivity index is 1.72. The molecule has 0 aliphatic rings. The fraction of sp³-hybridized carbons (Fsp3) is 0. The predicted molar refractivity (Wildman–Crippen MR) is 112 cm³/mol. The normalized spacial score (nSPS) is 11.9. The Morgan fingerprint density at radius 3 is 2.71 bits per heavy atom. The maximum atomic E-state index is 9.78. The van der Waals surface area contributed by atoms with Crippen LogP contribution in [0.5, 0.6) is 5.75 Å². The van der Waals surface area contributed by atoms with Crippen molar-refractivity contribution in [3.63, 3.8) is 0 Å². The van der Waals surface area contributed by atoms with Crippen LogP contribution in [0.25, 0.3) is 32.8 Å². The zero-order valence-electron chi connectivity index (χ0n) is 14.4. The molecular weight excluding hydrogens is 390 g/mol. The Morgan fingerprint density at radius 2 is 1.89 bits per heavy atom. The molecule has 5 aromatic rings. The third-order valence-corrected chi connectivity index (χ3v) is 5.70. The van der Waals surface area contributed by atoms with Crippen molar-refractivity contribution >= 4 is 38.8 Å². The van der Waals surface area contributed by atoms with E-state index in [0.717, 1.165) is 27.2 Å². The Morgan fingerprint density at radius 1 is 1.00 bits per heavy atom. The first-order valence-corrected chi connectivity index (χ1v) is 10.2. The molecule has 0 fully saturated rings. The molecule has 0 spiro atoms. The minimum absolute atomic E-state index is 0.143. The first-order chi connectivity index (χ1) is 13.8. The highest BCUT2D eigenvalue weighted by molar-refractivity contribution is 7.13. The monoisotopic (exact) mass is 403 g/mol. The van der Waals surface area contributed by atoms with Gasteiger partial charge in [-0.1, -0.05) is 30.3 Å². The van der Waals surface area contributed by atoms with Crippen LogP contribution in [0, 0.1) is 0 Å². The van der Waals surface area contributed by atoms with E-state index in [-0.39, 0.29) is 5.75 Å². The molecule has 0 saturated heterocycles. The summed E-state index contributed by atoms with van der Waals surface area (Å²) in [5.41, 5.74) is 3.74. The molecule has 136 valence electrons. The lowest BCUT2D eigenvalue weighted by Crippen LogP contribution is -2.05. The summed E-state index contributed by atoms with van der Waals surface area (Å²) in [6.07, 6.45) is 1.70. The molecule has 0 aliphatic heterocycles. The van der Waals surface area contributed by atoms with Gasteiger partial charge in [0.15, 0.2) is 0 Å². The second kappa shape index (κ2) is 7.03. The molecule has 3 heterocycles. The molecule has 5 nitrogen and oxygen atoms in total. The minimum Gasteiger partial charge on any atom is -0.508 e. The van der Waals surface area contributed by atoms with Gasteiger partial charge in [-0.15, -0.1) is 22.7 Å². The van der Waals surface area contributed by atoms with Crippen molar-refractivity contribution in [3.05, 3.63) is 77.1 Å². The van der Waals surface area contributed by atoms with Crippen LogP contribution >= 0.6 is 22.7 Å². The maximum absolute atomic E-state index is 9.78. The summed E-state index contributed by atoms with van der Waals surface area (Å²) in [6.45, 7) is 0. The summed E-state index contributed by atoms with van der Waals surface area (Å²) >= 11 is 2.97. The molecule has 2 aromatic carbocycles. The van der Waals surface area contributed by atoms with Crippen molar-refractivity contribution in [2.75, 3.05) is 0 Å². The number of aromatic nitrogens is 2. The van der Waals surface area contributed by atoms with Crippen molar-refractivity contribution in [1.82, 2.24) is 9.97 Å². The number of phenols is 1. The fourth-order valence-corrected chi connectivity index (χ4v) is 4.18. The molecule has 0 radical (unpaired) electrons. The second-order valence-electron chi connectivity index (χ2n) is 6.02. The summed E-state index contributed by atoms with van der Waals surface area (Å²) < 4.78 is 6.02. The summed E-state index contributed by atoms with van der Waals surface area (Å²) in [5.74, 6) is 0.143. The predicted octanol–water partition coefficient (Wildman–Crippen LogP) is 5.62. The van der Waals surface area contributed by atoms with Gasteiger partial charge >= 0.3 is 0 Å². The van der Waals surface area contributed by atoms with Gasteiger partial charge in [0.05, 0.1) is 11.3 Å². The lowest BCUT2D eigenvalue weighted by atomic mass is 10.1. The molecule has 0 unspecified atom stereocenters. The number of benzene rings is 2. The zero-order valence-corrected chi connectivity index (χ0v) is 16.1. The van der Waals surface area contributed by atoms with E-state index >= 15 is 0 Å². The van der Waals surface area contributed by atoms with Gasteiger partial charge in [0, 0.05) is 34.0 Å². The van der Waals surface area contributed by atoms with Gasteiger partial charge in [0.2, 0.25) is 10.7 Å². The van der Waals surface area contributed by atoms with Crippen LogP contribution in [0.15, 0.2) is 81.0 Å². The molecule has 28 heavy (non-hydrogen) atoms. The largest absolute Gasteiger partial charge is 0.508 e. The van der Waals surface area contributed by atoms with Crippen LogP contribution in [0.3, 0.4) is 0 Å². The van der Waals surface area contributed by atoms with Crippen LogP contribution in [-0.4, -0.2) is 15.1 Å². The minimum atomic E-state index is 0.143. The van der Waals surface area contributed by atoms with E-state index in [2.05, 4.69) is 9.98 Å². The Labute approximate surface area is 167 Å². The maximum Gasteiger partial charge on any atom is 0.232 e. The van der Waals surface area contributed by atoms with Gasteiger partial charge in [-0.3, -0.25) is 0 Å². The molecule has 0 bridgehead atoms. The van der Waals surface area contributed by atoms with Crippen molar-refractivity contribution in [1.29, 1.82) is 0 Å². The topological polar surface area (TPSA) is 71.5 Å². The van der Waals surface area contributed by atoms with Gasteiger partial charge in [-0.2, -0.15) is 4.99 Å². The Bertz CT molecular complexity index is 1320. The SMILES string of the molecule is Oc1ccc2cc(-c3nc(-c4ccccc4)cs3)/c(=N/c3nccs3)oc2c1. The highest BCUT2D eigenvalue weighted by Crippen LogP contribution is 2.30. The average Bonchev–Trinajstić information content (AvgIpc) is 3.40. The molecule has 3 aromatic heterocycles. The summed E-state index contributed by atoms with van der Waals surface area (Å²) in [5, 5.41) is 15.9. The van der Waals surface area contributed by atoms with E-state index in [4.69, 9.17) is 9.40 Å². The molecule has 0 atom stereocenters. The number of phenolic OH excluding ortho intramolecular Hbond substituents is 1. The number of fused-ring (bicyclic) bond motifs is 1. The zero-order chi connectivity index (χ0) is 18.9. The van der Waals surface area contributed by atoms with E-state index in [1.54, 1.807) is 18.3 Å². The lowest BCUT2D eigenvalue weighted by molar-refractivity contribution is 0.472. The van der Waals surface area contributed by atoms with Crippen LogP contribution in [0.2, 0.25) is 0 Å². The van der Waals surface area contributed by atoms with Gasteiger partial charge in [0.25, 0.3) is 0 Å². The standard InChI is InChI=1S/C21H13N3O2S2/c25-15-7-6-14-10-16(19(26-18(14)11-15)24-21-22-8-9-27-21)20-23-17(12-28-20)13-4-2-1-3-5-13/h1-12,25H/b24-19-. The molecule has 0 aliphatic carbocycles. The molecule has 5 rings (SSSR count). The van der Waals surface area contributed by atoms with E-state index in [1.165, 1.54) is 22.7 Å². The Kier molecular flexibility index (Phi) is 4.23. The van der Waals surface area contributed by atoms with E-state index in [9.17, 15) is 5.11 Å². The number of hydrogen-bond donors (Lipinski definition) is 1. The van der Waals surface area contributed by atoms with Gasteiger partial charge < -0.3 is 9.52 Å². The first-order valence-electron chi connectivity index (χ1n) is 8.49. The first kappa shape index (κ1) is 16.9. The lowest BCUT2D eigenvalue weighted by Gasteiger charge is -2.03. The summed E-state index contributed by atoms with van der Waals surface area (Å²) in [6, 6.07) is 17.1. The number of rotatable bonds is 3. The number of hydrogen-bond acceptors (Lipinski definition) is 7. The van der Waals surface area contributed by atoms with Crippen LogP contribution in [0.1, 0.15) is 0 Å². The Hall–Kier alpha value is -3.29. The van der Waals surface area contributed by atoms with Gasteiger partial charge in [0.1, 0.15) is 16.3 Å². The van der Waals surface area contributed by atoms with E-state index < -0.39 is 0 Å². The molecular formula is C21H13N3O2S2. The van der Waals surface area contributed by atoms with E-state index in [0.29, 0.717) is 16.3 Å². The third-order valence-electron chi connectivity index (χ3n) is 4.15. The number of thiazole rings is 2. The number of aromatic hydroxyl groups is 1. The van der Waals surface area contributed by atoms with Crippen LogP contribution < -0.4 is 5.55 Å².